The summed E-state index contributed by atoms with van der Waals surface area (Å²) < 4.78 is 19.9. The first-order valence-corrected chi connectivity index (χ1v) is 7.92. The second-order valence-corrected chi connectivity index (χ2v) is 6.95. The first-order chi connectivity index (χ1) is 11.0. The van der Waals surface area contributed by atoms with Crippen molar-refractivity contribution in [2.24, 2.45) is 0 Å². The Balaban J connectivity index is 1.71. The molecular weight excluding hydrogens is 294 g/mol. The van der Waals surface area contributed by atoms with Crippen LogP contribution in [0.25, 0.3) is 0 Å². The molecule has 2 unspecified atom stereocenters. The maximum absolute atomic E-state index is 6.17. The van der Waals surface area contributed by atoms with E-state index < -0.39 is 5.79 Å². The summed E-state index contributed by atoms with van der Waals surface area (Å²) in [6.07, 6.45) is 4.12. The van der Waals surface area contributed by atoms with Crippen molar-refractivity contribution in [3.05, 3.63) is 42.0 Å². The molecule has 1 saturated heterocycles. The molecule has 1 aromatic carbocycles. The van der Waals surface area contributed by atoms with Crippen LogP contribution in [0.3, 0.4) is 0 Å². The van der Waals surface area contributed by atoms with Gasteiger partial charge in [-0.1, -0.05) is 0 Å². The molecule has 1 fully saturated rings. The standard InChI is InChI=1S/C17H21N3O3/c1-12-8-21-17(22-12,9-20-11-18-10-19-20)14-4-5-15-13(6-14)7-16(2,3)23-15/h4-6,10-12H,7-9H2,1-3H3. The van der Waals surface area contributed by atoms with E-state index in [2.05, 4.69) is 30.0 Å². The van der Waals surface area contributed by atoms with Gasteiger partial charge in [0.05, 0.1) is 12.7 Å². The molecule has 0 amide bonds. The quantitative estimate of drug-likeness (QED) is 0.870. The average Bonchev–Trinajstić information content (AvgIpc) is 3.17. The number of benzene rings is 1. The second-order valence-electron chi connectivity index (χ2n) is 6.95. The fraction of sp³-hybridized carbons (Fsp3) is 0.529. The maximum Gasteiger partial charge on any atom is 0.215 e. The third-order valence-corrected chi connectivity index (χ3v) is 4.28. The van der Waals surface area contributed by atoms with Gasteiger partial charge in [0.25, 0.3) is 0 Å². The van der Waals surface area contributed by atoms with Gasteiger partial charge in [0.15, 0.2) is 0 Å². The Labute approximate surface area is 135 Å². The molecule has 0 saturated carbocycles. The molecule has 6 heteroatoms. The molecule has 0 radical (unpaired) electrons. The van der Waals surface area contributed by atoms with E-state index >= 15 is 0 Å². The molecule has 4 rings (SSSR count). The molecule has 122 valence electrons. The van der Waals surface area contributed by atoms with Crippen molar-refractivity contribution in [3.63, 3.8) is 0 Å². The summed E-state index contributed by atoms with van der Waals surface area (Å²) in [5.74, 6) is 0.121. The molecule has 1 aromatic heterocycles. The third-order valence-electron chi connectivity index (χ3n) is 4.28. The maximum atomic E-state index is 6.17. The summed E-state index contributed by atoms with van der Waals surface area (Å²) in [7, 11) is 0. The molecule has 6 nitrogen and oxygen atoms in total. The van der Waals surface area contributed by atoms with Crippen LogP contribution in [0.2, 0.25) is 0 Å². The van der Waals surface area contributed by atoms with Crippen molar-refractivity contribution in [1.29, 1.82) is 0 Å². The summed E-state index contributed by atoms with van der Waals surface area (Å²) in [5, 5.41) is 4.19. The molecule has 23 heavy (non-hydrogen) atoms. The SMILES string of the molecule is CC1COC(Cn2cncn2)(c2ccc3c(c2)CC(C)(C)O3)O1. The van der Waals surface area contributed by atoms with Gasteiger partial charge in [-0.2, -0.15) is 5.10 Å². The number of nitrogens with zero attached hydrogens (tertiary/aromatic N) is 3. The van der Waals surface area contributed by atoms with Gasteiger partial charge in [-0.25, -0.2) is 9.67 Å². The monoisotopic (exact) mass is 315 g/mol. The molecule has 2 aliphatic heterocycles. The topological polar surface area (TPSA) is 58.4 Å². The van der Waals surface area contributed by atoms with Crippen LogP contribution < -0.4 is 4.74 Å². The van der Waals surface area contributed by atoms with Gasteiger partial charge >= 0.3 is 0 Å². The highest BCUT2D eigenvalue weighted by molar-refractivity contribution is 5.43. The summed E-state index contributed by atoms with van der Waals surface area (Å²) >= 11 is 0. The smallest absolute Gasteiger partial charge is 0.215 e. The van der Waals surface area contributed by atoms with Crippen LogP contribution in [-0.2, 0) is 28.2 Å². The van der Waals surface area contributed by atoms with Crippen LogP contribution in [0, 0.1) is 0 Å². The van der Waals surface area contributed by atoms with Crippen molar-refractivity contribution in [2.45, 2.75) is 51.2 Å². The average molecular weight is 315 g/mol. The molecule has 2 atom stereocenters. The Kier molecular flexibility index (Phi) is 3.21. The van der Waals surface area contributed by atoms with Gasteiger partial charge in [0, 0.05) is 12.0 Å². The lowest BCUT2D eigenvalue weighted by Gasteiger charge is -2.28. The molecule has 0 aliphatic carbocycles. The highest BCUT2D eigenvalue weighted by atomic mass is 16.7. The van der Waals surface area contributed by atoms with E-state index in [9.17, 15) is 0 Å². The minimum absolute atomic E-state index is 0.0412. The fourth-order valence-corrected chi connectivity index (χ4v) is 3.34. The number of rotatable bonds is 3. The number of hydrogen-bond acceptors (Lipinski definition) is 5. The van der Waals surface area contributed by atoms with E-state index in [1.165, 1.54) is 11.9 Å². The molecular formula is C17H21N3O3. The summed E-state index contributed by atoms with van der Waals surface area (Å²) in [6.45, 7) is 7.25. The van der Waals surface area contributed by atoms with Crippen LogP contribution in [-0.4, -0.2) is 33.1 Å². The van der Waals surface area contributed by atoms with Crippen molar-refractivity contribution < 1.29 is 14.2 Å². The molecule has 2 aliphatic rings. The summed E-state index contributed by atoms with van der Waals surface area (Å²) in [6, 6.07) is 6.17. The predicted molar refractivity (Wildman–Crippen MR) is 83.1 cm³/mol. The van der Waals surface area contributed by atoms with E-state index in [1.807, 2.05) is 19.1 Å². The molecule has 0 bridgehead atoms. The van der Waals surface area contributed by atoms with Crippen molar-refractivity contribution in [3.8, 4) is 5.75 Å². The van der Waals surface area contributed by atoms with E-state index in [1.54, 1.807) is 11.0 Å². The zero-order valence-corrected chi connectivity index (χ0v) is 13.7. The van der Waals surface area contributed by atoms with Crippen molar-refractivity contribution in [2.75, 3.05) is 6.61 Å². The predicted octanol–water partition coefficient (Wildman–Crippen LogP) is 2.28. The van der Waals surface area contributed by atoms with E-state index in [0.717, 1.165) is 17.7 Å². The zero-order chi connectivity index (χ0) is 16.1. The first-order valence-electron chi connectivity index (χ1n) is 7.92. The van der Waals surface area contributed by atoms with Crippen molar-refractivity contribution >= 4 is 0 Å². The molecule has 3 heterocycles. The van der Waals surface area contributed by atoms with Gasteiger partial charge in [-0.3, -0.25) is 0 Å². The zero-order valence-electron chi connectivity index (χ0n) is 13.7. The van der Waals surface area contributed by atoms with Gasteiger partial charge in [-0.05, 0) is 44.5 Å². The highest BCUT2D eigenvalue weighted by Crippen LogP contribution is 2.41. The summed E-state index contributed by atoms with van der Waals surface area (Å²) in [4.78, 5) is 4.01. The largest absolute Gasteiger partial charge is 0.487 e. The van der Waals surface area contributed by atoms with E-state index in [-0.39, 0.29) is 11.7 Å². The van der Waals surface area contributed by atoms with E-state index in [0.29, 0.717) is 13.2 Å². The second kappa shape index (κ2) is 5.04. The Bertz CT molecular complexity index is 714. The van der Waals surface area contributed by atoms with Gasteiger partial charge in [0.2, 0.25) is 5.79 Å². The Morgan fingerprint density at radius 1 is 1.35 bits per heavy atom. The van der Waals surface area contributed by atoms with Crippen molar-refractivity contribution in [1.82, 2.24) is 14.8 Å². The molecule has 0 spiro atoms. The number of ether oxygens (including phenoxy) is 3. The van der Waals surface area contributed by atoms with Gasteiger partial charge < -0.3 is 14.2 Å². The molecule has 0 N–H and O–H groups in total. The Morgan fingerprint density at radius 3 is 2.91 bits per heavy atom. The van der Waals surface area contributed by atoms with Crippen LogP contribution in [0.4, 0.5) is 0 Å². The third kappa shape index (κ3) is 2.62. The number of hydrogen-bond donors (Lipinski definition) is 0. The first kappa shape index (κ1) is 14.7. The van der Waals surface area contributed by atoms with Gasteiger partial charge in [-0.15, -0.1) is 0 Å². The number of fused-ring (bicyclic) bond motifs is 1. The lowest BCUT2D eigenvalue weighted by Crippen LogP contribution is -2.33. The van der Waals surface area contributed by atoms with Crippen LogP contribution >= 0.6 is 0 Å². The van der Waals surface area contributed by atoms with Crippen LogP contribution in [0.15, 0.2) is 30.9 Å². The lowest BCUT2D eigenvalue weighted by atomic mass is 9.97. The van der Waals surface area contributed by atoms with E-state index in [4.69, 9.17) is 14.2 Å². The van der Waals surface area contributed by atoms with Gasteiger partial charge in [0.1, 0.15) is 30.5 Å². The fourth-order valence-electron chi connectivity index (χ4n) is 3.34. The number of aromatic nitrogens is 3. The lowest BCUT2D eigenvalue weighted by molar-refractivity contribution is -0.186. The van der Waals surface area contributed by atoms with Crippen LogP contribution in [0.1, 0.15) is 31.9 Å². The minimum atomic E-state index is -0.825. The highest BCUT2D eigenvalue weighted by Gasteiger charge is 2.43. The molecule has 2 aromatic rings. The Morgan fingerprint density at radius 2 is 2.22 bits per heavy atom. The summed E-state index contributed by atoms with van der Waals surface area (Å²) in [5.41, 5.74) is 2.03. The van der Waals surface area contributed by atoms with Crippen LogP contribution in [0.5, 0.6) is 5.75 Å². The Hall–Kier alpha value is -1.92. The normalized spacial score (nSPS) is 28.6. The minimum Gasteiger partial charge on any atom is -0.487 e.